The quantitative estimate of drug-likeness (QED) is 0.812. The molecular weight excluding hydrogens is 232 g/mol. The van der Waals surface area contributed by atoms with Crippen molar-refractivity contribution in [3.05, 3.63) is 28.7 Å². The highest BCUT2D eigenvalue weighted by atomic mass is 79.9. The van der Waals surface area contributed by atoms with E-state index in [-0.39, 0.29) is 6.10 Å². The van der Waals surface area contributed by atoms with Crippen LogP contribution in [0.15, 0.2) is 28.7 Å². The van der Waals surface area contributed by atoms with Gasteiger partial charge >= 0.3 is 0 Å². The van der Waals surface area contributed by atoms with E-state index in [2.05, 4.69) is 15.9 Å². The maximum Gasteiger partial charge on any atom is 0.134 e. The molecule has 0 saturated carbocycles. The maximum atomic E-state index is 5.61. The fraction of sp³-hybridized carbons (Fsp3) is 0.400. The molecule has 72 valence electrons. The maximum absolute atomic E-state index is 5.61. The summed E-state index contributed by atoms with van der Waals surface area (Å²) >= 11 is 3.41. The molecule has 2 nitrogen and oxygen atoms in total. The van der Waals surface area contributed by atoms with Gasteiger partial charge in [0.25, 0.3) is 0 Å². The lowest BCUT2D eigenvalue weighted by molar-refractivity contribution is 0.0916. The number of hydrogen-bond donors (Lipinski definition) is 0. The summed E-state index contributed by atoms with van der Waals surface area (Å²) < 4.78 is 11.6. The van der Waals surface area contributed by atoms with Gasteiger partial charge in [-0.15, -0.1) is 0 Å². The lowest BCUT2D eigenvalue weighted by Gasteiger charge is -2.14. The van der Waals surface area contributed by atoms with Gasteiger partial charge < -0.3 is 9.47 Å². The van der Waals surface area contributed by atoms with Crippen molar-refractivity contribution in [3.63, 3.8) is 0 Å². The second-order valence-electron chi connectivity index (χ2n) is 2.81. The van der Waals surface area contributed by atoms with Crippen molar-refractivity contribution in [1.29, 1.82) is 0 Å². The van der Waals surface area contributed by atoms with Crippen LogP contribution in [0.1, 0.15) is 6.92 Å². The van der Waals surface area contributed by atoms with E-state index < -0.39 is 0 Å². The molecule has 1 aromatic rings. The van der Waals surface area contributed by atoms with Crippen LogP contribution in [0.3, 0.4) is 0 Å². The van der Waals surface area contributed by atoms with Crippen LogP contribution in [0.5, 0.6) is 5.75 Å². The van der Waals surface area contributed by atoms with E-state index in [1.54, 1.807) is 7.11 Å². The molecule has 0 aliphatic carbocycles. The molecule has 0 N–H and O–H groups in total. The van der Waals surface area contributed by atoms with Crippen molar-refractivity contribution >= 4 is 15.9 Å². The van der Waals surface area contributed by atoms with E-state index in [1.807, 2.05) is 31.2 Å². The first kappa shape index (κ1) is 10.5. The lowest BCUT2D eigenvalue weighted by atomic mass is 10.3. The Hall–Kier alpha value is -0.540. The third kappa shape index (κ3) is 3.36. The van der Waals surface area contributed by atoms with E-state index in [9.17, 15) is 0 Å². The third-order valence-corrected chi connectivity index (χ3v) is 2.22. The van der Waals surface area contributed by atoms with E-state index in [4.69, 9.17) is 9.47 Å². The van der Waals surface area contributed by atoms with Gasteiger partial charge in [-0.25, -0.2) is 0 Å². The fourth-order valence-corrected chi connectivity index (χ4v) is 1.40. The monoisotopic (exact) mass is 244 g/mol. The highest BCUT2D eigenvalue weighted by molar-refractivity contribution is 9.10. The Morgan fingerprint density at radius 2 is 2.08 bits per heavy atom. The average molecular weight is 245 g/mol. The molecule has 0 heterocycles. The molecule has 1 atom stereocenters. The highest BCUT2D eigenvalue weighted by Crippen LogP contribution is 2.24. The van der Waals surface area contributed by atoms with E-state index in [0.717, 1.165) is 10.2 Å². The van der Waals surface area contributed by atoms with Crippen LogP contribution in [0, 0.1) is 0 Å². The summed E-state index contributed by atoms with van der Waals surface area (Å²) in [7, 11) is 1.67. The van der Waals surface area contributed by atoms with Crippen molar-refractivity contribution < 1.29 is 9.47 Å². The highest BCUT2D eigenvalue weighted by Gasteiger charge is 2.05. The van der Waals surface area contributed by atoms with Gasteiger partial charge in [0, 0.05) is 7.11 Å². The third-order valence-electron chi connectivity index (χ3n) is 1.57. The van der Waals surface area contributed by atoms with Crippen molar-refractivity contribution in [2.45, 2.75) is 13.0 Å². The van der Waals surface area contributed by atoms with Crippen molar-refractivity contribution in [3.8, 4) is 5.75 Å². The predicted molar refractivity (Wildman–Crippen MR) is 56.1 cm³/mol. The zero-order valence-corrected chi connectivity index (χ0v) is 9.37. The van der Waals surface area contributed by atoms with Gasteiger partial charge in [-0.05, 0) is 35.0 Å². The largest absolute Gasteiger partial charge is 0.487 e. The molecule has 0 unspecified atom stereocenters. The molecule has 1 rings (SSSR count). The van der Waals surface area contributed by atoms with Crippen molar-refractivity contribution in [1.82, 2.24) is 0 Å². The molecule has 0 aliphatic heterocycles. The van der Waals surface area contributed by atoms with Crippen LogP contribution in [0.2, 0.25) is 0 Å². The Kier molecular flexibility index (Phi) is 4.25. The van der Waals surface area contributed by atoms with E-state index >= 15 is 0 Å². The molecule has 13 heavy (non-hydrogen) atoms. The Morgan fingerprint density at radius 3 is 2.69 bits per heavy atom. The van der Waals surface area contributed by atoms with Crippen LogP contribution in [-0.2, 0) is 4.74 Å². The minimum absolute atomic E-state index is 0.0729. The lowest BCUT2D eigenvalue weighted by Crippen LogP contribution is -2.18. The van der Waals surface area contributed by atoms with Crippen LogP contribution in [-0.4, -0.2) is 19.8 Å². The molecule has 0 saturated heterocycles. The van der Waals surface area contributed by atoms with Gasteiger partial charge in [-0.2, -0.15) is 0 Å². The molecule has 0 aliphatic rings. The Morgan fingerprint density at radius 1 is 1.38 bits per heavy atom. The Balaban J connectivity index is 2.58. The number of para-hydroxylation sites is 1. The summed E-state index contributed by atoms with van der Waals surface area (Å²) in [6, 6.07) is 7.78. The number of benzene rings is 1. The van der Waals surface area contributed by atoms with Gasteiger partial charge in [0.1, 0.15) is 11.9 Å². The average Bonchev–Trinajstić information content (AvgIpc) is 2.09. The summed E-state index contributed by atoms with van der Waals surface area (Å²) in [4.78, 5) is 0. The second-order valence-corrected chi connectivity index (χ2v) is 3.67. The van der Waals surface area contributed by atoms with Gasteiger partial charge in [-0.3, -0.25) is 0 Å². The SMILES string of the molecule is COC[C@@H](C)Oc1ccccc1Br. The summed E-state index contributed by atoms with van der Waals surface area (Å²) in [5.41, 5.74) is 0. The Bertz CT molecular complexity index is 263. The van der Waals surface area contributed by atoms with Crippen LogP contribution in [0.4, 0.5) is 0 Å². The first-order valence-corrected chi connectivity index (χ1v) is 4.93. The van der Waals surface area contributed by atoms with Crippen LogP contribution >= 0.6 is 15.9 Å². The van der Waals surface area contributed by atoms with Crippen LogP contribution < -0.4 is 4.74 Å². The Labute approximate surface area is 87.0 Å². The standard InChI is InChI=1S/C10H13BrO2/c1-8(7-12-2)13-10-6-4-3-5-9(10)11/h3-6,8H,7H2,1-2H3/t8-/m1/s1. The number of rotatable bonds is 4. The zero-order chi connectivity index (χ0) is 9.68. The molecule has 3 heteroatoms. The van der Waals surface area contributed by atoms with Gasteiger partial charge in [0.2, 0.25) is 0 Å². The summed E-state index contributed by atoms with van der Waals surface area (Å²) in [6.45, 7) is 2.57. The number of methoxy groups -OCH3 is 1. The molecule has 1 aromatic carbocycles. The first-order chi connectivity index (χ1) is 6.24. The normalized spacial score (nSPS) is 12.5. The summed E-state index contributed by atoms with van der Waals surface area (Å²) in [5, 5.41) is 0. The number of halogens is 1. The van der Waals surface area contributed by atoms with Gasteiger partial charge in [0.15, 0.2) is 0 Å². The zero-order valence-electron chi connectivity index (χ0n) is 7.79. The molecule has 0 bridgehead atoms. The van der Waals surface area contributed by atoms with Gasteiger partial charge in [0.05, 0.1) is 11.1 Å². The molecule has 0 spiro atoms. The molecular formula is C10H13BrO2. The van der Waals surface area contributed by atoms with Crippen LogP contribution in [0.25, 0.3) is 0 Å². The smallest absolute Gasteiger partial charge is 0.134 e. The van der Waals surface area contributed by atoms with Gasteiger partial charge in [-0.1, -0.05) is 12.1 Å². The number of ether oxygens (including phenoxy) is 2. The molecule has 0 radical (unpaired) electrons. The van der Waals surface area contributed by atoms with E-state index in [0.29, 0.717) is 6.61 Å². The molecule has 0 amide bonds. The fourth-order valence-electron chi connectivity index (χ4n) is 1.03. The molecule has 0 fully saturated rings. The molecule has 0 aromatic heterocycles. The first-order valence-electron chi connectivity index (χ1n) is 4.14. The summed E-state index contributed by atoms with van der Waals surface area (Å²) in [5.74, 6) is 0.854. The topological polar surface area (TPSA) is 18.5 Å². The van der Waals surface area contributed by atoms with Crippen molar-refractivity contribution in [2.24, 2.45) is 0 Å². The minimum Gasteiger partial charge on any atom is -0.487 e. The van der Waals surface area contributed by atoms with E-state index in [1.165, 1.54) is 0 Å². The van der Waals surface area contributed by atoms with Crippen molar-refractivity contribution in [2.75, 3.05) is 13.7 Å². The second kappa shape index (κ2) is 5.25. The minimum atomic E-state index is 0.0729. The number of hydrogen-bond acceptors (Lipinski definition) is 2. The summed E-state index contributed by atoms with van der Waals surface area (Å²) in [6.07, 6.45) is 0.0729. The predicted octanol–water partition coefficient (Wildman–Crippen LogP) is 2.86.